The molecule has 0 aromatic rings. The van der Waals surface area contributed by atoms with E-state index >= 15 is 0 Å². The van der Waals surface area contributed by atoms with E-state index in [0.717, 1.165) is 0 Å². The summed E-state index contributed by atoms with van der Waals surface area (Å²) in [6.07, 6.45) is 0. The molecule has 0 saturated carbocycles. The average Bonchev–Trinajstić information content (AvgIpc) is 0.918. The molecule has 0 aliphatic carbocycles. The van der Waals surface area contributed by atoms with Gasteiger partial charge in [-0.2, -0.15) is 0 Å². The van der Waals surface area contributed by atoms with E-state index in [1.807, 2.05) is 0 Å². The maximum atomic E-state index is 4.76. The quantitative estimate of drug-likeness (QED) is 0.513. The van der Waals surface area contributed by atoms with Crippen molar-refractivity contribution < 1.29 is 13.1 Å². The third kappa shape index (κ3) is 9.40. The SMILES string of the molecule is [As].[Cl][Fe][Cl]. The summed E-state index contributed by atoms with van der Waals surface area (Å²) >= 11 is 0.194. The molecule has 0 unspecified atom stereocenters. The molecule has 0 N–H and O–H groups in total. The first-order valence-corrected chi connectivity index (χ1v) is 3.31. The fourth-order valence-corrected chi connectivity index (χ4v) is 0. The van der Waals surface area contributed by atoms with E-state index in [0.29, 0.717) is 0 Å². The van der Waals surface area contributed by atoms with E-state index in [1.54, 1.807) is 0 Å². The van der Waals surface area contributed by atoms with Crippen molar-refractivity contribution in [2.24, 2.45) is 0 Å². The van der Waals surface area contributed by atoms with Crippen LogP contribution in [0.25, 0.3) is 0 Å². The first kappa shape index (κ1) is 9.17. The van der Waals surface area contributed by atoms with Crippen molar-refractivity contribution in [3.05, 3.63) is 0 Å². The minimum atomic E-state index is 0. The number of hydrogen-bond acceptors (Lipinski definition) is 0. The Kier molecular flexibility index (Phi) is 20.2. The summed E-state index contributed by atoms with van der Waals surface area (Å²) in [4.78, 5) is 0. The van der Waals surface area contributed by atoms with Crippen molar-refractivity contribution in [3.8, 4) is 0 Å². The molecule has 0 aromatic carbocycles. The molecule has 0 aliphatic heterocycles. The van der Waals surface area contributed by atoms with Gasteiger partial charge in [0.15, 0.2) is 0 Å². The minimum absolute atomic E-state index is 0. The van der Waals surface area contributed by atoms with Gasteiger partial charge >= 0.3 is 33.3 Å². The van der Waals surface area contributed by atoms with Gasteiger partial charge in [0, 0.05) is 18.0 Å². The van der Waals surface area contributed by atoms with Crippen LogP contribution >= 0.6 is 20.2 Å². The van der Waals surface area contributed by atoms with Crippen LogP contribution in [0.3, 0.4) is 0 Å². The monoisotopic (exact) mass is 201 g/mol. The maximum absolute atomic E-state index is 4.76. The van der Waals surface area contributed by atoms with Crippen LogP contribution in [0.4, 0.5) is 0 Å². The van der Waals surface area contributed by atoms with Crippen LogP contribution in [0.2, 0.25) is 0 Å². The van der Waals surface area contributed by atoms with Gasteiger partial charge in [-0.3, -0.25) is 0 Å². The second-order valence-electron chi connectivity index (χ2n) is 0.0505. The Hall–Kier alpha value is 1.66. The fraction of sp³-hybridized carbons (Fsp3) is 0. The van der Waals surface area contributed by atoms with Crippen LogP contribution in [0.5, 0.6) is 0 Å². The van der Waals surface area contributed by atoms with Gasteiger partial charge in [-0.1, -0.05) is 0 Å². The first-order chi connectivity index (χ1) is 1.41. The molecule has 0 fully saturated rings. The Morgan fingerprint density at radius 1 is 1.25 bits per heavy atom. The van der Waals surface area contributed by atoms with Crippen LogP contribution < -0.4 is 0 Å². The average molecular weight is 202 g/mol. The number of rotatable bonds is 0. The Balaban J connectivity index is 0. The Morgan fingerprint density at radius 3 is 1.25 bits per heavy atom. The van der Waals surface area contributed by atoms with Gasteiger partial charge in [0.1, 0.15) is 0 Å². The predicted octanol–water partition coefficient (Wildman–Crippen LogP) is 0.996. The van der Waals surface area contributed by atoms with Crippen molar-refractivity contribution >= 4 is 38.1 Å². The summed E-state index contributed by atoms with van der Waals surface area (Å²) in [6, 6.07) is 0. The molecule has 0 atom stereocenters. The zero-order valence-electron chi connectivity index (χ0n) is 1.56. The normalized spacial score (nSPS) is 5.50. The fourth-order valence-electron chi connectivity index (χ4n) is 0. The van der Waals surface area contributed by atoms with Gasteiger partial charge in [-0.15, -0.1) is 0 Å². The molecular weight excluding hydrogens is 202 g/mol. The number of halogens is 2. The summed E-state index contributed by atoms with van der Waals surface area (Å²) in [5.41, 5.74) is 0. The molecule has 0 saturated heterocycles. The van der Waals surface area contributed by atoms with Crippen LogP contribution in [0, 0.1) is 0 Å². The molecule has 0 aliphatic rings. The summed E-state index contributed by atoms with van der Waals surface area (Å²) in [5, 5.41) is 0. The third-order valence-electron chi connectivity index (χ3n) is 0. The van der Waals surface area contributed by atoms with Gasteiger partial charge in [-0.05, 0) is 0 Å². The molecule has 0 nitrogen and oxygen atoms in total. The summed E-state index contributed by atoms with van der Waals surface area (Å²) in [5.74, 6) is 0. The molecule has 4 heavy (non-hydrogen) atoms. The Bertz CT molecular complexity index is 6.00. The van der Waals surface area contributed by atoms with Crippen molar-refractivity contribution in [2.45, 2.75) is 0 Å². The van der Waals surface area contributed by atoms with Crippen molar-refractivity contribution in [3.63, 3.8) is 0 Å². The molecule has 3 radical (unpaired) electrons. The zero-order chi connectivity index (χ0) is 2.71. The molecular formula is AsCl2Fe. The first-order valence-electron chi connectivity index (χ1n) is 0.267. The van der Waals surface area contributed by atoms with Crippen molar-refractivity contribution in [2.75, 3.05) is 0 Å². The second-order valence-corrected chi connectivity index (χ2v) is 1.87. The molecule has 27 valence electrons. The molecule has 0 spiro atoms. The van der Waals surface area contributed by atoms with Crippen LogP contribution in [0.1, 0.15) is 0 Å². The summed E-state index contributed by atoms with van der Waals surface area (Å²) in [7, 11) is 9.53. The molecule has 0 rings (SSSR count). The van der Waals surface area contributed by atoms with E-state index < -0.39 is 0 Å². The third-order valence-corrected chi connectivity index (χ3v) is 0. The topological polar surface area (TPSA) is 0 Å². The summed E-state index contributed by atoms with van der Waals surface area (Å²) in [6.45, 7) is 0. The van der Waals surface area contributed by atoms with E-state index in [9.17, 15) is 0 Å². The van der Waals surface area contributed by atoms with Gasteiger partial charge in [0.25, 0.3) is 0 Å². The van der Waals surface area contributed by atoms with Crippen LogP contribution in [0.15, 0.2) is 0 Å². The summed E-state index contributed by atoms with van der Waals surface area (Å²) < 4.78 is 0. The zero-order valence-corrected chi connectivity index (χ0v) is 6.05. The predicted molar refractivity (Wildman–Crippen MR) is 17.5 cm³/mol. The van der Waals surface area contributed by atoms with Crippen molar-refractivity contribution in [1.82, 2.24) is 0 Å². The van der Waals surface area contributed by atoms with E-state index in [1.165, 1.54) is 0 Å². The van der Waals surface area contributed by atoms with Gasteiger partial charge in [-0.25, -0.2) is 0 Å². The van der Waals surface area contributed by atoms with E-state index in [2.05, 4.69) is 0 Å². The van der Waals surface area contributed by atoms with Gasteiger partial charge in [0.05, 0.1) is 0 Å². The van der Waals surface area contributed by atoms with Crippen LogP contribution in [-0.2, 0) is 13.1 Å². The van der Waals surface area contributed by atoms with Gasteiger partial charge in [0.2, 0.25) is 0 Å². The van der Waals surface area contributed by atoms with Gasteiger partial charge < -0.3 is 0 Å². The molecule has 0 aromatic heterocycles. The second kappa shape index (κ2) is 8.82. The molecule has 4 heteroatoms. The van der Waals surface area contributed by atoms with E-state index in [-0.39, 0.29) is 31.1 Å². The molecule has 0 bridgehead atoms. The Morgan fingerprint density at radius 2 is 1.25 bits per heavy atom. The standard InChI is InChI=1S/As.2ClH.Fe/h;2*1H;/q;;;+2/p-2. The van der Waals surface area contributed by atoms with Crippen molar-refractivity contribution in [1.29, 1.82) is 0 Å². The number of hydrogen-bond donors (Lipinski definition) is 0. The molecule has 0 heterocycles. The van der Waals surface area contributed by atoms with Crippen LogP contribution in [-0.4, -0.2) is 18.0 Å². The Labute approximate surface area is 51.2 Å². The van der Waals surface area contributed by atoms with E-state index in [4.69, 9.17) is 20.2 Å². The molecule has 0 amide bonds.